The van der Waals surface area contributed by atoms with Crippen LogP contribution in [-0.2, 0) is 12.8 Å². The third kappa shape index (κ3) is 3.77. The molecule has 0 aliphatic rings. The Bertz CT molecular complexity index is 605. The predicted octanol–water partition coefficient (Wildman–Crippen LogP) is 2.59. The van der Waals surface area contributed by atoms with Crippen LogP contribution >= 0.6 is 0 Å². The maximum Gasteiger partial charge on any atom is 0.168 e. The van der Waals surface area contributed by atoms with Gasteiger partial charge in [0.05, 0.1) is 7.11 Å². The molecule has 3 N–H and O–H groups in total. The zero-order chi connectivity index (χ0) is 15.2. The van der Waals surface area contributed by atoms with Crippen molar-refractivity contribution in [1.29, 1.82) is 0 Å². The number of methoxy groups -OCH3 is 1. The molecule has 0 fully saturated rings. The molecule has 1 atom stereocenters. The summed E-state index contributed by atoms with van der Waals surface area (Å²) in [7, 11) is 1.42. The van der Waals surface area contributed by atoms with Crippen molar-refractivity contribution in [1.82, 2.24) is 5.43 Å². The molecular formula is C16H18F2N2O. The van der Waals surface area contributed by atoms with E-state index >= 15 is 0 Å². The van der Waals surface area contributed by atoms with Gasteiger partial charge in [0.25, 0.3) is 0 Å². The van der Waals surface area contributed by atoms with Gasteiger partial charge in [-0.25, -0.2) is 8.78 Å². The standard InChI is InChI=1S/C16H18F2N2O/c1-21-15-8-4-6-12(16(15)18)10-13(20-19)9-11-5-2-3-7-14(11)17/h2-8,13,20H,9-10,19H2,1H3. The Hall–Kier alpha value is -1.98. The lowest BCUT2D eigenvalue weighted by molar-refractivity contribution is 0.382. The van der Waals surface area contributed by atoms with Crippen molar-refractivity contribution < 1.29 is 13.5 Å². The molecule has 1 unspecified atom stereocenters. The van der Waals surface area contributed by atoms with Crippen LogP contribution < -0.4 is 16.0 Å². The first kappa shape index (κ1) is 15.4. The normalized spacial score (nSPS) is 12.2. The zero-order valence-corrected chi connectivity index (χ0v) is 11.8. The highest BCUT2D eigenvalue weighted by molar-refractivity contribution is 5.32. The second kappa shape index (κ2) is 7.15. The lowest BCUT2D eigenvalue weighted by atomic mass is 9.98. The summed E-state index contributed by atoms with van der Waals surface area (Å²) in [5, 5.41) is 0. The first-order valence-electron chi connectivity index (χ1n) is 6.66. The van der Waals surface area contributed by atoms with Crippen molar-refractivity contribution in [3.8, 4) is 5.75 Å². The minimum atomic E-state index is -0.409. The lowest BCUT2D eigenvalue weighted by Crippen LogP contribution is -2.38. The minimum absolute atomic E-state index is 0.189. The Morgan fingerprint density at radius 3 is 2.38 bits per heavy atom. The molecule has 0 bridgehead atoms. The summed E-state index contributed by atoms with van der Waals surface area (Å²) in [5.74, 6) is 5.01. The highest BCUT2D eigenvalue weighted by Crippen LogP contribution is 2.22. The number of nitrogens with one attached hydrogen (secondary N) is 1. The predicted molar refractivity (Wildman–Crippen MR) is 77.9 cm³/mol. The van der Waals surface area contributed by atoms with Gasteiger partial charge in [-0.15, -0.1) is 0 Å². The smallest absolute Gasteiger partial charge is 0.168 e. The molecule has 0 aromatic heterocycles. The SMILES string of the molecule is COc1cccc(CC(Cc2ccccc2F)NN)c1F. The quantitative estimate of drug-likeness (QED) is 0.635. The third-order valence-electron chi connectivity index (χ3n) is 3.39. The van der Waals surface area contributed by atoms with Crippen LogP contribution in [0.1, 0.15) is 11.1 Å². The fourth-order valence-corrected chi connectivity index (χ4v) is 2.26. The summed E-state index contributed by atoms with van der Waals surface area (Å²) in [6.45, 7) is 0. The van der Waals surface area contributed by atoms with Gasteiger partial charge in [0.15, 0.2) is 11.6 Å². The van der Waals surface area contributed by atoms with E-state index in [0.717, 1.165) is 0 Å². The largest absolute Gasteiger partial charge is 0.494 e. The average molecular weight is 292 g/mol. The van der Waals surface area contributed by atoms with Crippen molar-refractivity contribution in [2.75, 3.05) is 7.11 Å². The van der Waals surface area contributed by atoms with E-state index in [-0.39, 0.29) is 17.6 Å². The van der Waals surface area contributed by atoms with Gasteiger partial charge in [0, 0.05) is 6.04 Å². The monoisotopic (exact) mass is 292 g/mol. The van der Waals surface area contributed by atoms with Gasteiger partial charge in [-0.3, -0.25) is 11.3 Å². The summed E-state index contributed by atoms with van der Waals surface area (Å²) in [5.41, 5.74) is 3.64. The molecule has 0 aliphatic carbocycles. The van der Waals surface area contributed by atoms with Crippen molar-refractivity contribution in [3.05, 3.63) is 65.2 Å². The highest BCUT2D eigenvalue weighted by atomic mass is 19.1. The molecule has 0 spiro atoms. The molecule has 0 aliphatic heterocycles. The molecule has 0 heterocycles. The Labute approximate surface area is 122 Å². The maximum absolute atomic E-state index is 14.1. The average Bonchev–Trinajstić information content (AvgIpc) is 2.50. The van der Waals surface area contributed by atoms with E-state index in [4.69, 9.17) is 10.6 Å². The van der Waals surface area contributed by atoms with Crippen LogP contribution in [0.5, 0.6) is 5.75 Å². The number of hydrogen-bond acceptors (Lipinski definition) is 3. The van der Waals surface area contributed by atoms with Gasteiger partial charge in [0.1, 0.15) is 5.82 Å². The van der Waals surface area contributed by atoms with Gasteiger partial charge in [-0.1, -0.05) is 30.3 Å². The molecule has 0 saturated heterocycles. The van der Waals surface area contributed by atoms with E-state index in [9.17, 15) is 8.78 Å². The molecule has 2 aromatic carbocycles. The number of halogens is 2. The molecule has 112 valence electrons. The van der Waals surface area contributed by atoms with Gasteiger partial charge < -0.3 is 4.74 Å². The second-order valence-electron chi connectivity index (χ2n) is 4.80. The van der Waals surface area contributed by atoms with E-state index < -0.39 is 5.82 Å². The molecule has 0 amide bonds. The minimum Gasteiger partial charge on any atom is -0.494 e. The second-order valence-corrected chi connectivity index (χ2v) is 4.80. The third-order valence-corrected chi connectivity index (χ3v) is 3.39. The number of rotatable bonds is 6. The molecule has 3 nitrogen and oxygen atoms in total. The highest BCUT2D eigenvalue weighted by Gasteiger charge is 2.15. The van der Waals surface area contributed by atoms with E-state index in [2.05, 4.69) is 5.43 Å². The van der Waals surface area contributed by atoms with Gasteiger partial charge in [-0.2, -0.15) is 0 Å². The molecule has 2 rings (SSSR count). The van der Waals surface area contributed by atoms with Crippen molar-refractivity contribution >= 4 is 0 Å². The summed E-state index contributed by atoms with van der Waals surface area (Å²) >= 11 is 0. The molecule has 2 aromatic rings. The van der Waals surface area contributed by atoms with Crippen molar-refractivity contribution in [3.63, 3.8) is 0 Å². The Balaban J connectivity index is 2.15. The van der Waals surface area contributed by atoms with Crippen LogP contribution in [0.3, 0.4) is 0 Å². The number of nitrogens with two attached hydrogens (primary N) is 1. The fraction of sp³-hybridized carbons (Fsp3) is 0.250. The van der Waals surface area contributed by atoms with E-state index in [1.54, 1.807) is 36.4 Å². The number of hydrazine groups is 1. The van der Waals surface area contributed by atoms with Crippen LogP contribution in [0.25, 0.3) is 0 Å². The Morgan fingerprint density at radius 1 is 1.05 bits per heavy atom. The van der Waals surface area contributed by atoms with E-state index in [1.807, 2.05) is 0 Å². The summed E-state index contributed by atoms with van der Waals surface area (Å²) in [6, 6.07) is 11.2. The topological polar surface area (TPSA) is 47.3 Å². The maximum atomic E-state index is 14.1. The van der Waals surface area contributed by atoms with Gasteiger partial charge in [-0.05, 0) is 36.1 Å². The Kier molecular flexibility index (Phi) is 5.25. The molecule has 0 saturated carbocycles. The molecular weight excluding hydrogens is 274 g/mol. The molecule has 21 heavy (non-hydrogen) atoms. The van der Waals surface area contributed by atoms with Crippen LogP contribution in [-0.4, -0.2) is 13.2 Å². The number of benzene rings is 2. The first-order valence-corrected chi connectivity index (χ1v) is 6.66. The summed E-state index contributed by atoms with van der Waals surface area (Å²) < 4.78 is 32.7. The van der Waals surface area contributed by atoms with Crippen LogP contribution in [0.2, 0.25) is 0 Å². The number of hydrogen-bond donors (Lipinski definition) is 2. The fourth-order valence-electron chi connectivity index (χ4n) is 2.26. The van der Waals surface area contributed by atoms with E-state index in [1.165, 1.54) is 13.2 Å². The van der Waals surface area contributed by atoms with Crippen LogP contribution in [0, 0.1) is 11.6 Å². The Morgan fingerprint density at radius 2 is 1.71 bits per heavy atom. The molecule has 5 heteroatoms. The van der Waals surface area contributed by atoms with Crippen LogP contribution in [0.15, 0.2) is 42.5 Å². The lowest BCUT2D eigenvalue weighted by Gasteiger charge is -2.17. The zero-order valence-electron chi connectivity index (χ0n) is 11.8. The first-order chi connectivity index (χ1) is 10.2. The van der Waals surface area contributed by atoms with Gasteiger partial charge >= 0.3 is 0 Å². The van der Waals surface area contributed by atoms with Gasteiger partial charge in [0.2, 0.25) is 0 Å². The summed E-state index contributed by atoms with van der Waals surface area (Å²) in [4.78, 5) is 0. The summed E-state index contributed by atoms with van der Waals surface area (Å²) in [6.07, 6.45) is 0.716. The van der Waals surface area contributed by atoms with Crippen LogP contribution in [0.4, 0.5) is 8.78 Å². The van der Waals surface area contributed by atoms with E-state index in [0.29, 0.717) is 24.0 Å². The van der Waals surface area contributed by atoms with Crippen molar-refractivity contribution in [2.45, 2.75) is 18.9 Å². The van der Waals surface area contributed by atoms with Crippen molar-refractivity contribution in [2.24, 2.45) is 5.84 Å². The molecule has 0 radical (unpaired) electrons. The number of ether oxygens (including phenoxy) is 1.